The third-order valence-electron chi connectivity index (χ3n) is 11.2. The van der Waals surface area contributed by atoms with Crippen molar-refractivity contribution >= 4 is 46.2 Å². The number of hydrogen-bond acceptors (Lipinski definition) is 18. The number of benzene rings is 1. The minimum Gasteiger partial charge on any atom is -0.458 e. The lowest BCUT2D eigenvalue weighted by molar-refractivity contribution is -0.157. The number of nitrogens with zero attached hydrogens (tertiary/aromatic N) is 3. The minimum atomic E-state index is -1.01. The van der Waals surface area contributed by atoms with Crippen LogP contribution in [0.25, 0.3) is 11.2 Å². The van der Waals surface area contributed by atoms with Gasteiger partial charge < -0.3 is 54.3 Å². The number of H-pyrrole nitrogens is 1. The number of nitrogens with one attached hydrogen (secondary N) is 3. The van der Waals surface area contributed by atoms with Crippen molar-refractivity contribution in [3.05, 3.63) is 52.1 Å². The first-order chi connectivity index (χ1) is 37.1. The maximum absolute atomic E-state index is 13.1. The number of ketones is 2. The molecule has 2 heterocycles. The topological polar surface area (TPSA) is 264 Å². The molecule has 0 aliphatic rings. The van der Waals surface area contributed by atoms with Gasteiger partial charge in [0.05, 0.1) is 84.5 Å². The van der Waals surface area contributed by atoms with Gasteiger partial charge in [0.2, 0.25) is 5.95 Å². The molecule has 1 aromatic carbocycles. The molecular formula is C57H83N7O13. The van der Waals surface area contributed by atoms with E-state index < -0.39 is 29.1 Å². The number of esters is 1. The van der Waals surface area contributed by atoms with Gasteiger partial charge in [-0.25, -0.2) is 14.8 Å². The molecule has 3 rings (SSSR count). The van der Waals surface area contributed by atoms with Gasteiger partial charge in [0.1, 0.15) is 29.8 Å². The van der Waals surface area contributed by atoms with Gasteiger partial charge in [-0.1, -0.05) is 5.92 Å². The Kier molecular flexibility index (Phi) is 34.7. The summed E-state index contributed by atoms with van der Waals surface area (Å²) in [5, 5.41) is 5.89. The minimum absolute atomic E-state index is 0.0417. The van der Waals surface area contributed by atoms with E-state index in [9.17, 15) is 24.0 Å². The van der Waals surface area contributed by atoms with Crippen LogP contribution < -0.4 is 21.9 Å². The summed E-state index contributed by atoms with van der Waals surface area (Å²) < 4.78 is 43.4. The Morgan fingerprint density at radius 2 is 1.30 bits per heavy atom. The Balaban J connectivity index is 0.000000636. The number of nitrogen functional groups attached to an aromatic ring is 1. The number of aromatic nitrogens is 4. The van der Waals surface area contributed by atoms with E-state index in [2.05, 4.69) is 48.3 Å². The van der Waals surface area contributed by atoms with Crippen LogP contribution in [0.3, 0.4) is 0 Å². The molecule has 2 aromatic heterocycles. The normalized spacial score (nSPS) is 11.6. The number of rotatable bonds is 41. The highest BCUT2D eigenvalue weighted by Gasteiger charge is 2.32. The van der Waals surface area contributed by atoms with Gasteiger partial charge in [-0.15, -0.1) is 31.1 Å². The van der Waals surface area contributed by atoms with Gasteiger partial charge in [-0.2, -0.15) is 4.98 Å². The van der Waals surface area contributed by atoms with Crippen molar-refractivity contribution in [2.45, 2.75) is 130 Å². The summed E-state index contributed by atoms with van der Waals surface area (Å²) in [6.45, 7) is 16.1. The van der Waals surface area contributed by atoms with Gasteiger partial charge in [0, 0.05) is 75.0 Å². The molecule has 424 valence electrons. The number of nitrogens with two attached hydrogens (primary N) is 1. The predicted molar refractivity (Wildman–Crippen MR) is 295 cm³/mol. The lowest BCUT2D eigenvalue weighted by Gasteiger charge is -2.33. The van der Waals surface area contributed by atoms with Crippen LogP contribution in [0, 0.1) is 42.4 Å². The predicted octanol–water partition coefficient (Wildman–Crippen LogP) is 6.20. The number of amides is 1. The third kappa shape index (κ3) is 30.9. The number of aromatic amines is 1. The van der Waals surface area contributed by atoms with Crippen LogP contribution in [0.4, 0.5) is 11.6 Å². The number of hydrogen-bond donors (Lipinski definition) is 4. The summed E-state index contributed by atoms with van der Waals surface area (Å²) >= 11 is 0. The van der Waals surface area contributed by atoms with Crippen LogP contribution in [-0.2, 0) is 58.8 Å². The highest BCUT2D eigenvalue weighted by molar-refractivity contribution is 5.97. The van der Waals surface area contributed by atoms with Crippen molar-refractivity contribution in [1.29, 1.82) is 0 Å². The Morgan fingerprint density at radius 1 is 0.714 bits per heavy atom. The largest absolute Gasteiger partial charge is 0.458 e. The van der Waals surface area contributed by atoms with Crippen molar-refractivity contribution in [2.75, 3.05) is 104 Å². The van der Waals surface area contributed by atoms with Crippen molar-refractivity contribution in [2.24, 2.45) is 5.41 Å². The molecular weight excluding hydrogens is 991 g/mol. The van der Waals surface area contributed by atoms with E-state index in [-0.39, 0.29) is 66.5 Å². The zero-order valence-electron chi connectivity index (χ0n) is 46.0. The molecule has 0 unspecified atom stereocenters. The van der Waals surface area contributed by atoms with Crippen molar-refractivity contribution < 1.29 is 57.1 Å². The standard InChI is InChI=1S/C34H49N7O9.C23H34O4/c1-5-46-15-16-48-19-20-49-18-17-47-14-6-7-26(42)12-13-27(32(45)50-34(2,3)4)39-30(43)23-8-10-24(11-9-23)36-21-25-22-37-29-28(38-25)31(44)41-33(35)40-29;1-5-9-11-14-23(15-12-10-6-2,21-27-16-7-3)20-22(24)13-17-26-19-18-25-8-4/h8-11,22,27,36H,5-7,12-21H2,1-4H3,(H,39,43)(H3,35,37,40,41,44);1-3H,8-21H2,4H3/t27-;/m0./s1. The monoisotopic (exact) mass is 1070 g/mol. The lowest BCUT2D eigenvalue weighted by Crippen LogP contribution is -2.44. The highest BCUT2D eigenvalue weighted by Crippen LogP contribution is 2.36. The third-order valence-corrected chi connectivity index (χ3v) is 11.2. The summed E-state index contributed by atoms with van der Waals surface area (Å²) in [6.07, 6.45) is 24.1. The lowest BCUT2D eigenvalue weighted by atomic mass is 9.74. The molecule has 1 atom stereocenters. The second kappa shape index (κ2) is 40.0. The Bertz CT molecular complexity index is 2320. The van der Waals surface area contributed by atoms with E-state index in [0.29, 0.717) is 135 Å². The first kappa shape index (κ1) is 66.8. The number of fused-ring (bicyclic) bond motifs is 1. The van der Waals surface area contributed by atoms with Crippen LogP contribution in [0.2, 0.25) is 0 Å². The highest BCUT2D eigenvalue weighted by atomic mass is 16.6. The average molecular weight is 1070 g/mol. The average Bonchev–Trinajstić information content (AvgIpc) is 3.39. The fourth-order valence-electron chi connectivity index (χ4n) is 7.47. The smallest absolute Gasteiger partial charge is 0.329 e. The Morgan fingerprint density at radius 3 is 1.87 bits per heavy atom. The van der Waals surface area contributed by atoms with Crippen LogP contribution >= 0.6 is 0 Å². The maximum atomic E-state index is 13.1. The molecule has 0 bridgehead atoms. The number of unbranched alkanes of at least 4 members (excludes halogenated alkanes) is 2. The fourth-order valence-corrected chi connectivity index (χ4v) is 7.47. The number of carbonyl (C=O) groups is 4. The summed E-state index contributed by atoms with van der Waals surface area (Å²) in [4.78, 5) is 78.2. The molecule has 77 heavy (non-hydrogen) atoms. The molecule has 5 N–H and O–H groups in total. The van der Waals surface area contributed by atoms with Gasteiger partial charge in [0.15, 0.2) is 11.2 Å². The molecule has 0 aliphatic carbocycles. The van der Waals surface area contributed by atoms with Gasteiger partial charge in [0.25, 0.3) is 11.5 Å². The number of Topliss-reactive ketones (excluding diaryl/α,β-unsaturated/α-hetero) is 2. The quantitative estimate of drug-likeness (QED) is 0.0280. The number of ether oxygens (including phenoxy) is 8. The van der Waals surface area contributed by atoms with E-state index >= 15 is 0 Å². The Hall–Kier alpha value is -6.28. The van der Waals surface area contributed by atoms with Crippen LogP contribution in [0.5, 0.6) is 0 Å². The second-order valence-electron chi connectivity index (χ2n) is 18.8. The van der Waals surface area contributed by atoms with E-state index in [1.165, 1.54) is 6.20 Å². The molecule has 0 saturated carbocycles. The van der Waals surface area contributed by atoms with Crippen LogP contribution in [0.1, 0.15) is 128 Å². The Labute approximate surface area is 455 Å². The van der Waals surface area contributed by atoms with Crippen molar-refractivity contribution in [3.63, 3.8) is 0 Å². The van der Waals surface area contributed by atoms with Crippen molar-refractivity contribution in [3.8, 4) is 37.0 Å². The van der Waals surface area contributed by atoms with Gasteiger partial charge in [-0.05, 0) is 97.4 Å². The number of anilines is 2. The van der Waals surface area contributed by atoms with Gasteiger partial charge in [-0.3, -0.25) is 24.2 Å². The SMILES string of the molecule is C#CCCCC(CCCC#C)(COCC#C)CC(=O)CCOCCOCC.CCOCCOCCOCCOCCCC(=O)CC[C@H](NC(=O)c1ccc(NCc2cnc3nc(N)[nH]c(=O)c3n2)cc1)C(=O)OC(C)(C)C. The van der Waals surface area contributed by atoms with Crippen LogP contribution in [-0.4, -0.2) is 148 Å². The molecule has 3 aromatic rings. The molecule has 0 aliphatic heterocycles. The molecule has 20 heteroatoms. The van der Waals surface area contributed by atoms with Gasteiger partial charge >= 0.3 is 5.97 Å². The first-order valence-corrected chi connectivity index (χ1v) is 26.4. The summed E-state index contributed by atoms with van der Waals surface area (Å²) in [6, 6.07) is 5.57. The zero-order valence-corrected chi connectivity index (χ0v) is 46.0. The van der Waals surface area contributed by atoms with E-state index in [4.69, 9.17) is 62.9 Å². The second-order valence-corrected chi connectivity index (χ2v) is 18.8. The summed E-state index contributed by atoms with van der Waals surface area (Å²) in [5.41, 5.74) is 5.72. The van der Waals surface area contributed by atoms with Crippen molar-refractivity contribution in [1.82, 2.24) is 25.3 Å². The molecule has 0 saturated heterocycles. The number of terminal acetylenes is 3. The first-order valence-electron chi connectivity index (χ1n) is 26.4. The fraction of sp³-hybridized carbons (Fsp3) is 0.614. The zero-order chi connectivity index (χ0) is 56.6. The molecule has 0 fully saturated rings. The maximum Gasteiger partial charge on any atom is 0.329 e. The number of carbonyl (C=O) groups excluding carboxylic acids is 4. The molecule has 0 radical (unpaired) electrons. The van der Waals surface area contributed by atoms with E-state index in [1.807, 2.05) is 13.8 Å². The van der Waals surface area contributed by atoms with Crippen LogP contribution in [0.15, 0.2) is 35.3 Å². The van der Waals surface area contributed by atoms with E-state index in [1.54, 1.807) is 45.0 Å². The summed E-state index contributed by atoms with van der Waals surface area (Å²) in [5.74, 6) is 6.78. The molecule has 0 spiro atoms. The summed E-state index contributed by atoms with van der Waals surface area (Å²) in [7, 11) is 0. The van der Waals surface area contributed by atoms with E-state index in [0.717, 1.165) is 25.7 Å². The molecule has 20 nitrogen and oxygen atoms in total. The molecule has 1 amide bonds.